The number of aliphatic hydroxyl groups is 2. The van der Waals surface area contributed by atoms with E-state index in [9.17, 15) is 19.8 Å². The van der Waals surface area contributed by atoms with Gasteiger partial charge in [0.15, 0.2) is 11.2 Å². The average Bonchev–Trinajstić information content (AvgIpc) is 3.03. The Morgan fingerprint density at radius 2 is 1.39 bits per heavy atom. The van der Waals surface area contributed by atoms with Crippen molar-refractivity contribution in [3.8, 4) is 0 Å². The summed E-state index contributed by atoms with van der Waals surface area (Å²) in [5, 5.41) is 19.2. The summed E-state index contributed by atoms with van der Waals surface area (Å²) in [6.07, 6.45) is 9.81. The summed E-state index contributed by atoms with van der Waals surface area (Å²) in [7, 11) is 3.44. The van der Waals surface area contributed by atoms with Gasteiger partial charge in [-0.15, -0.1) is 0 Å². The number of H-pyrrole nitrogens is 1. The quantitative estimate of drug-likeness (QED) is 0.307. The molecule has 9 heteroatoms. The van der Waals surface area contributed by atoms with Crippen LogP contribution in [-0.2, 0) is 20.5 Å². The Morgan fingerprint density at radius 3 is 1.94 bits per heavy atom. The number of hydrogen-bond donors (Lipinski definition) is 3. The second-order valence-electron chi connectivity index (χ2n) is 8.51. The van der Waals surface area contributed by atoms with Crippen molar-refractivity contribution in [1.29, 1.82) is 0 Å². The first-order valence-corrected chi connectivity index (χ1v) is 11.5. The second kappa shape index (κ2) is 12.2. The van der Waals surface area contributed by atoms with E-state index in [1.807, 2.05) is 7.05 Å². The SMILES string of the molecule is CC(O)N(CCCCCCCCCCCc1nc2c(c(=O)[nH]c(=O)n2C)n1C)C(C)O. The number of rotatable bonds is 14. The van der Waals surface area contributed by atoms with Gasteiger partial charge in [0.2, 0.25) is 0 Å². The molecule has 2 heterocycles. The average molecular weight is 438 g/mol. The number of nitrogens with one attached hydrogen (secondary N) is 1. The van der Waals surface area contributed by atoms with Crippen LogP contribution in [0.15, 0.2) is 9.59 Å². The minimum atomic E-state index is -0.614. The molecule has 31 heavy (non-hydrogen) atoms. The first-order chi connectivity index (χ1) is 14.7. The summed E-state index contributed by atoms with van der Waals surface area (Å²) in [6, 6.07) is 0. The van der Waals surface area contributed by atoms with Crippen LogP contribution in [0.25, 0.3) is 11.2 Å². The number of aryl methyl sites for hydroxylation is 3. The normalized spacial score (nSPS) is 13.9. The lowest BCUT2D eigenvalue weighted by molar-refractivity contribution is -0.0844. The summed E-state index contributed by atoms with van der Waals surface area (Å²) in [4.78, 5) is 32.3. The van der Waals surface area contributed by atoms with Crippen LogP contribution < -0.4 is 11.2 Å². The summed E-state index contributed by atoms with van der Waals surface area (Å²) < 4.78 is 3.18. The van der Waals surface area contributed by atoms with Crippen molar-refractivity contribution in [3.63, 3.8) is 0 Å². The monoisotopic (exact) mass is 437 g/mol. The van der Waals surface area contributed by atoms with Crippen LogP contribution in [0, 0.1) is 0 Å². The molecule has 3 N–H and O–H groups in total. The van der Waals surface area contributed by atoms with E-state index in [0.29, 0.717) is 11.2 Å². The maximum Gasteiger partial charge on any atom is 0.329 e. The highest BCUT2D eigenvalue weighted by Crippen LogP contribution is 2.14. The summed E-state index contributed by atoms with van der Waals surface area (Å²) in [6.45, 7) is 4.09. The highest BCUT2D eigenvalue weighted by atomic mass is 16.3. The Morgan fingerprint density at radius 1 is 0.871 bits per heavy atom. The van der Waals surface area contributed by atoms with Gasteiger partial charge in [0.05, 0.1) is 0 Å². The molecule has 0 aliphatic carbocycles. The topological polar surface area (TPSA) is 116 Å². The Balaban J connectivity index is 1.60. The van der Waals surface area contributed by atoms with Crippen molar-refractivity contribution in [2.75, 3.05) is 6.54 Å². The Hall–Kier alpha value is -1.97. The molecule has 2 rings (SSSR count). The fourth-order valence-electron chi connectivity index (χ4n) is 4.08. The van der Waals surface area contributed by atoms with Crippen LogP contribution in [0.4, 0.5) is 0 Å². The highest BCUT2D eigenvalue weighted by molar-refractivity contribution is 5.70. The number of hydrogen-bond acceptors (Lipinski definition) is 6. The number of unbranched alkanes of at least 4 members (excludes halogenated alkanes) is 8. The van der Waals surface area contributed by atoms with Crippen molar-refractivity contribution < 1.29 is 10.2 Å². The van der Waals surface area contributed by atoms with E-state index in [0.717, 1.165) is 44.5 Å². The van der Waals surface area contributed by atoms with Crippen molar-refractivity contribution in [1.82, 2.24) is 24.0 Å². The first-order valence-electron chi connectivity index (χ1n) is 11.5. The van der Waals surface area contributed by atoms with Crippen LogP contribution in [0.5, 0.6) is 0 Å². The van der Waals surface area contributed by atoms with Gasteiger partial charge in [-0.25, -0.2) is 9.78 Å². The molecule has 2 atom stereocenters. The predicted octanol–water partition coefficient (Wildman–Crippen LogP) is 1.99. The molecule has 0 radical (unpaired) electrons. The predicted molar refractivity (Wildman–Crippen MR) is 122 cm³/mol. The Labute approximate surface area is 183 Å². The summed E-state index contributed by atoms with van der Waals surface area (Å²) in [5.41, 5.74) is 0.0626. The summed E-state index contributed by atoms with van der Waals surface area (Å²) >= 11 is 0. The third kappa shape index (κ3) is 7.02. The lowest BCUT2D eigenvalue weighted by Crippen LogP contribution is -2.40. The number of imidazole rings is 1. The Bertz CT molecular complexity index is 920. The number of aliphatic hydroxyl groups excluding tert-OH is 2. The van der Waals surface area contributed by atoms with Crippen molar-refractivity contribution in [3.05, 3.63) is 26.7 Å². The zero-order chi connectivity index (χ0) is 23.0. The molecule has 2 unspecified atom stereocenters. The Kier molecular flexibility index (Phi) is 9.93. The molecular formula is C22H39N5O4. The molecule has 0 aromatic carbocycles. The molecule has 176 valence electrons. The van der Waals surface area contributed by atoms with Crippen molar-refractivity contribution >= 4 is 11.2 Å². The molecule has 0 bridgehead atoms. The first kappa shape index (κ1) is 25.3. The lowest BCUT2D eigenvalue weighted by Gasteiger charge is -2.27. The van der Waals surface area contributed by atoms with E-state index in [1.54, 1.807) is 30.4 Å². The van der Waals surface area contributed by atoms with Gasteiger partial charge in [0.1, 0.15) is 18.3 Å². The molecule has 0 amide bonds. The zero-order valence-electron chi connectivity index (χ0n) is 19.4. The fraction of sp³-hybridized carbons (Fsp3) is 0.773. The van der Waals surface area contributed by atoms with Gasteiger partial charge in [0.25, 0.3) is 5.56 Å². The molecule has 0 fully saturated rings. The van der Waals surface area contributed by atoms with Gasteiger partial charge in [-0.2, -0.15) is 0 Å². The van der Waals surface area contributed by atoms with E-state index >= 15 is 0 Å². The molecule has 2 aromatic heterocycles. The molecule has 9 nitrogen and oxygen atoms in total. The zero-order valence-corrected chi connectivity index (χ0v) is 19.4. The number of aromatic nitrogens is 4. The minimum absolute atomic E-state index is 0.385. The smallest absolute Gasteiger partial charge is 0.329 e. The summed E-state index contributed by atoms with van der Waals surface area (Å²) in [5.74, 6) is 0.838. The van der Waals surface area contributed by atoms with Crippen LogP contribution in [-0.4, -0.2) is 53.2 Å². The minimum Gasteiger partial charge on any atom is -0.379 e. The highest BCUT2D eigenvalue weighted by Gasteiger charge is 2.15. The number of fused-ring (bicyclic) bond motifs is 1. The third-order valence-electron chi connectivity index (χ3n) is 6.00. The van der Waals surface area contributed by atoms with Gasteiger partial charge in [0, 0.05) is 27.1 Å². The van der Waals surface area contributed by atoms with E-state index < -0.39 is 18.1 Å². The molecule has 2 aromatic rings. The van der Waals surface area contributed by atoms with Gasteiger partial charge in [-0.3, -0.25) is 19.2 Å². The molecule has 0 spiro atoms. The van der Waals surface area contributed by atoms with Gasteiger partial charge < -0.3 is 14.8 Å². The molecule has 0 aliphatic rings. The largest absolute Gasteiger partial charge is 0.379 e. The maximum atomic E-state index is 12.1. The molecule has 0 saturated heterocycles. The van der Waals surface area contributed by atoms with Crippen LogP contribution in [0.3, 0.4) is 0 Å². The van der Waals surface area contributed by atoms with E-state index in [1.165, 1.54) is 36.7 Å². The third-order valence-corrected chi connectivity index (χ3v) is 6.00. The lowest BCUT2D eigenvalue weighted by atomic mass is 10.1. The maximum absolute atomic E-state index is 12.1. The van der Waals surface area contributed by atoms with Crippen LogP contribution in [0.2, 0.25) is 0 Å². The molecule has 0 saturated carbocycles. The van der Waals surface area contributed by atoms with E-state index in [-0.39, 0.29) is 5.56 Å². The number of nitrogens with zero attached hydrogens (tertiary/aromatic N) is 4. The van der Waals surface area contributed by atoms with Crippen LogP contribution in [0.1, 0.15) is 77.5 Å². The van der Waals surface area contributed by atoms with Gasteiger partial charge >= 0.3 is 5.69 Å². The second-order valence-corrected chi connectivity index (χ2v) is 8.51. The standard InChI is InChI=1S/C22H39N5O4/c1-16(28)27(17(2)29)15-13-11-9-7-5-6-8-10-12-14-18-23-20-19(25(18)3)21(30)24-22(31)26(20)4/h16-17,28-29H,5-15H2,1-4H3,(H,24,30,31). The van der Waals surface area contributed by atoms with Crippen LogP contribution >= 0.6 is 0 Å². The molecular weight excluding hydrogens is 398 g/mol. The fourth-order valence-corrected chi connectivity index (χ4v) is 4.08. The number of aromatic amines is 1. The van der Waals surface area contributed by atoms with Gasteiger partial charge in [-0.05, 0) is 26.7 Å². The van der Waals surface area contributed by atoms with E-state index in [4.69, 9.17) is 0 Å². The van der Waals surface area contributed by atoms with E-state index in [2.05, 4.69) is 9.97 Å². The van der Waals surface area contributed by atoms with Crippen molar-refractivity contribution in [2.24, 2.45) is 14.1 Å². The molecule has 0 aliphatic heterocycles. The van der Waals surface area contributed by atoms with Crippen molar-refractivity contribution in [2.45, 2.75) is 90.5 Å². The van der Waals surface area contributed by atoms with Gasteiger partial charge in [-0.1, -0.05) is 44.9 Å².